The van der Waals surface area contributed by atoms with Crippen LogP contribution in [-0.4, -0.2) is 22.1 Å². The molecule has 0 unspecified atom stereocenters. The van der Waals surface area contributed by atoms with Gasteiger partial charge in [0.1, 0.15) is 0 Å². The lowest BCUT2D eigenvalue weighted by molar-refractivity contribution is 0.240. The minimum Gasteiger partial charge on any atom is -0.337 e. The Hall–Kier alpha value is -1.52. The smallest absolute Gasteiger partial charge is 0.333 e. The molecule has 0 radical (unpaired) electrons. The van der Waals surface area contributed by atoms with Crippen molar-refractivity contribution in [3.8, 4) is 0 Å². The van der Waals surface area contributed by atoms with E-state index in [1.807, 2.05) is 13.8 Å². The molecular weight excluding hydrogens is 170 g/mol. The van der Waals surface area contributed by atoms with E-state index in [1.54, 1.807) is 0 Å². The van der Waals surface area contributed by atoms with Crippen molar-refractivity contribution in [2.75, 3.05) is 6.54 Å². The summed E-state index contributed by atoms with van der Waals surface area (Å²) in [6.45, 7) is 4.54. The van der Waals surface area contributed by atoms with Gasteiger partial charge in [-0.3, -0.25) is 0 Å². The fraction of sp³-hybridized carbons (Fsp3) is 0.500. The molecule has 13 heavy (non-hydrogen) atoms. The van der Waals surface area contributed by atoms with Crippen molar-refractivity contribution in [2.45, 2.75) is 13.8 Å². The molecule has 0 spiro atoms. The minimum atomic E-state index is -0.416. The van der Waals surface area contributed by atoms with E-state index < -0.39 is 5.69 Å². The number of rotatable bonds is 2. The van der Waals surface area contributed by atoms with E-state index in [2.05, 4.69) is 10.3 Å². The fourth-order valence-corrected chi connectivity index (χ4v) is 0.857. The summed E-state index contributed by atoms with van der Waals surface area (Å²) in [7, 11) is 0. The fourth-order valence-electron chi connectivity index (χ4n) is 0.857. The van der Waals surface area contributed by atoms with Crippen molar-refractivity contribution in [3.05, 3.63) is 22.9 Å². The third kappa shape index (κ3) is 2.47. The van der Waals surface area contributed by atoms with Crippen LogP contribution >= 0.6 is 0 Å². The standard InChI is InChI=1S/C8H13N3O2/c1-6(2)5-10-8(13)11-4-3-9-7(11)12/h3-4,6H,5H2,1-2H3,(H,9,12)(H,10,13). The summed E-state index contributed by atoms with van der Waals surface area (Å²) in [5.41, 5.74) is -0.416. The molecular formula is C8H13N3O2. The van der Waals surface area contributed by atoms with Crippen LogP contribution in [0.1, 0.15) is 13.8 Å². The lowest BCUT2D eigenvalue weighted by atomic mass is 10.2. The van der Waals surface area contributed by atoms with Crippen molar-refractivity contribution in [1.29, 1.82) is 0 Å². The van der Waals surface area contributed by atoms with Crippen molar-refractivity contribution >= 4 is 6.03 Å². The third-order valence-electron chi connectivity index (χ3n) is 1.53. The molecule has 0 atom stereocenters. The number of aromatic nitrogens is 2. The number of carbonyl (C=O) groups excluding carboxylic acids is 1. The number of hydrogen-bond donors (Lipinski definition) is 2. The Morgan fingerprint density at radius 3 is 2.85 bits per heavy atom. The van der Waals surface area contributed by atoms with Gasteiger partial charge in [-0.1, -0.05) is 13.8 Å². The predicted molar refractivity (Wildman–Crippen MR) is 48.7 cm³/mol. The van der Waals surface area contributed by atoms with Gasteiger partial charge in [0.15, 0.2) is 0 Å². The van der Waals surface area contributed by atoms with Crippen LogP contribution in [-0.2, 0) is 0 Å². The second-order valence-corrected chi connectivity index (χ2v) is 3.22. The molecule has 1 aromatic heterocycles. The van der Waals surface area contributed by atoms with Crippen molar-refractivity contribution < 1.29 is 4.79 Å². The highest BCUT2D eigenvalue weighted by Gasteiger charge is 2.06. The first-order valence-electron chi connectivity index (χ1n) is 4.15. The van der Waals surface area contributed by atoms with Gasteiger partial charge in [-0.2, -0.15) is 0 Å². The molecule has 1 aromatic rings. The van der Waals surface area contributed by atoms with Gasteiger partial charge in [-0.15, -0.1) is 0 Å². The first-order valence-corrected chi connectivity index (χ1v) is 4.15. The van der Waals surface area contributed by atoms with Crippen LogP contribution < -0.4 is 11.0 Å². The van der Waals surface area contributed by atoms with Gasteiger partial charge in [0.05, 0.1) is 0 Å². The van der Waals surface area contributed by atoms with Crippen molar-refractivity contribution in [2.24, 2.45) is 5.92 Å². The van der Waals surface area contributed by atoms with E-state index in [0.717, 1.165) is 4.57 Å². The highest BCUT2D eigenvalue weighted by molar-refractivity contribution is 5.76. The molecule has 1 amide bonds. The summed E-state index contributed by atoms with van der Waals surface area (Å²) in [6, 6.07) is -0.389. The lowest BCUT2D eigenvalue weighted by Crippen LogP contribution is -2.36. The maximum absolute atomic E-state index is 11.3. The van der Waals surface area contributed by atoms with E-state index >= 15 is 0 Å². The predicted octanol–water partition coefficient (Wildman–Crippen LogP) is 0.390. The normalized spacial score (nSPS) is 10.4. The van der Waals surface area contributed by atoms with E-state index in [1.165, 1.54) is 12.4 Å². The zero-order valence-corrected chi connectivity index (χ0v) is 7.70. The summed E-state index contributed by atoms with van der Waals surface area (Å²) in [5.74, 6) is 0.374. The van der Waals surface area contributed by atoms with Gasteiger partial charge in [0, 0.05) is 18.9 Å². The molecule has 1 rings (SSSR count). The Kier molecular flexibility index (Phi) is 2.89. The third-order valence-corrected chi connectivity index (χ3v) is 1.53. The molecule has 0 saturated heterocycles. The van der Waals surface area contributed by atoms with Crippen LogP contribution in [0.25, 0.3) is 0 Å². The summed E-state index contributed by atoms with van der Waals surface area (Å²) < 4.78 is 1.00. The maximum Gasteiger partial charge on any atom is 0.333 e. The minimum absolute atomic E-state index is 0.374. The van der Waals surface area contributed by atoms with Crippen LogP contribution in [0.2, 0.25) is 0 Å². The Morgan fingerprint density at radius 2 is 2.38 bits per heavy atom. The molecule has 0 bridgehead atoms. The second-order valence-electron chi connectivity index (χ2n) is 3.22. The quantitative estimate of drug-likeness (QED) is 0.696. The van der Waals surface area contributed by atoms with Crippen LogP contribution in [0.4, 0.5) is 4.79 Å². The molecule has 0 aliphatic carbocycles. The molecule has 72 valence electrons. The number of nitrogens with one attached hydrogen (secondary N) is 2. The summed E-state index contributed by atoms with van der Waals surface area (Å²) in [5, 5.41) is 2.63. The monoisotopic (exact) mass is 183 g/mol. The molecule has 5 heteroatoms. The van der Waals surface area contributed by atoms with E-state index in [-0.39, 0.29) is 6.03 Å². The van der Waals surface area contributed by atoms with E-state index in [0.29, 0.717) is 12.5 Å². The number of imidazole rings is 1. The van der Waals surface area contributed by atoms with Crippen LogP contribution in [0.15, 0.2) is 17.2 Å². The molecule has 2 N–H and O–H groups in total. The average molecular weight is 183 g/mol. The zero-order valence-electron chi connectivity index (χ0n) is 7.70. The number of aromatic amines is 1. The van der Waals surface area contributed by atoms with Crippen molar-refractivity contribution in [1.82, 2.24) is 14.9 Å². The van der Waals surface area contributed by atoms with Gasteiger partial charge in [0.2, 0.25) is 0 Å². The summed E-state index contributed by atoms with van der Waals surface area (Å²) in [4.78, 5) is 24.6. The number of carbonyl (C=O) groups is 1. The highest BCUT2D eigenvalue weighted by atomic mass is 16.2. The average Bonchev–Trinajstić information content (AvgIpc) is 2.47. The van der Waals surface area contributed by atoms with Gasteiger partial charge >= 0.3 is 11.7 Å². The lowest BCUT2D eigenvalue weighted by Gasteiger charge is -2.06. The van der Waals surface area contributed by atoms with E-state index in [9.17, 15) is 9.59 Å². The Labute approximate surface area is 75.8 Å². The molecule has 0 fully saturated rings. The Morgan fingerprint density at radius 1 is 1.69 bits per heavy atom. The Balaban J connectivity index is 2.60. The Bertz CT molecular complexity index is 337. The molecule has 1 heterocycles. The summed E-state index contributed by atoms with van der Waals surface area (Å²) >= 11 is 0. The molecule has 0 aromatic carbocycles. The summed E-state index contributed by atoms with van der Waals surface area (Å²) in [6.07, 6.45) is 2.83. The molecule has 0 aliphatic heterocycles. The van der Waals surface area contributed by atoms with Gasteiger partial charge in [0.25, 0.3) is 0 Å². The number of H-pyrrole nitrogens is 1. The van der Waals surface area contributed by atoms with Crippen LogP contribution in [0.3, 0.4) is 0 Å². The first kappa shape index (κ1) is 9.57. The van der Waals surface area contributed by atoms with Gasteiger partial charge < -0.3 is 10.3 Å². The largest absolute Gasteiger partial charge is 0.337 e. The SMILES string of the molecule is CC(C)CNC(=O)n1cc[nH]c1=O. The molecule has 0 aliphatic rings. The van der Waals surface area contributed by atoms with Gasteiger partial charge in [-0.25, -0.2) is 14.2 Å². The number of amides is 1. The topological polar surface area (TPSA) is 66.9 Å². The number of nitrogens with zero attached hydrogens (tertiary/aromatic N) is 1. The highest BCUT2D eigenvalue weighted by Crippen LogP contribution is 1.87. The second kappa shape index (κ2) is 3.93. The van der Waals surface area contributed by atoms with Crippen LogP contribution in [0, 0.1) is 5.92 Å². The van der Waals surface area contributed by atoms with Crippen LogP contribution in [0.5, 0.6) is 0 Å². The van der Waals surface area contributed by atoms with Gasteiger partial charge in [-0.05, 0) is 5.92 Å². The first-order chi connectivity index (χ1) is 6.11. The van der Waals surface area contributed by atoms with Crippen molar-refractivity contribution in [3.63, 3.8) is 0 Å². The number of hydrogen-bond acceptors (Lipinski definition) is 2. The maximum atomic E-state index is 11.3. The zero-order chi connectivity index (χ0) is 9.84. The molecule has 5 nitrogen and oxygen atoms in total. The molecule has 0 saturated carbocycles. The van der Waals surface area contributed by atoms with E-state index in [4.69, 9.17) is 0 Å².